The molecule has 0 aliphatic heterocycles. The lowest BCUT2D eigenvalue weighted by Gasteiger charge is -2.32. The quantitative estimate of drug-likeness (QED) is 0.791. The first-order valence-electron chi connectivity index (χ1n) is 5.30. The molecule has 1 aliphatic rings. The van der Waals surface area contributed by atoms with Crippen molar-refractivity contribution in [3.63, 3.8) is 0 Å². The van der Waals surface area contributed by atoms with E-state index in [1.54, 1.807) is 0 Å². The van der Waals surface area contributed by atoms with Gasteiger partial charge in [-0.2, -0.15) is 0 Å². The Bertz CT molecular complexity index is 364. The number of hydrogen-bond acceptors (Lipinski definition) is 2. The maximum absolute atomic E-state index is 13.3. The molecule has 88 valence electrons. The van der Waals surface area contributed by atoms with Gasteiger partial charge in [0.25, 0.3) is 0 Å². The Morgan fingerprint density at radius 2 is 1.75 bits per heavy atom. The summed E-state index contributed by atoms with van der Waals surface area (Å²) in [5.74, 6) is -0.963. The molecule has 0 atom stereocenters. The highest BCUT2D eigenvalue weighted by atomic mass is 19.1. The Morgan fingerprint density at radius 1 is 1.19 bits per heavy atom. The third kappa shape index (κ3) is 2.10. The van der Waals surface area contributed by atoms with Crippen molar-refractivity contribution in [3.05, 3.63) is 23.8 Å². The highest BCUT2D eigenvalue weighted by Gasteiger charge is 2.27. The van der Waals surface area contributed by atoms with Crippen LogP contribution in [0.15, 0.2) is 12.1 Å². The summed E-state index contributed by atoms with van der Waals surface area (Å²) >= 11 is 0. The largest absolute Gasteiger partial charge is 0.491 e. The number of rotatable bonds is 3. The Labute approximate surface area is 93.2 Å². The fraction of sp³-hybridized carbons (Fsp3) is 0.500. The molecule has 0 unspecified atom stereocenters. The molecule has 1 aliphatic carbocycles. The standard InChI is InChI=1S/C12H14F2O2/c1-7-3-8(4-7)16-9-5-10(13)12(15-2)11(14)6-9/h5-8H,3-4H2,1-2H3. The summed E-state index contributed by atoms with van der Waals surface area (Å²) in [5, 5.41) is 0. The maximum atomic E-state index is 13.3. The van der Waals surface area contributed by atoms with Crippen molar-refractivity contribution in [2.24, 2.45) is 5.92 Å². The summed E-state index contributed by atoms with van der Waals surface area (Å²) in [7, 11) is 1.23. The topological polar surface area (TPSA) is 18.5 Å². The molecule has 4 heteroatoms. The molecule has 2 nitrogen and oxygen atoms in total. The lowest BCUT2D eigenvalue weighted by Crippen LogP contribution is -2.31. The molecule has 0 bridgehead atoms. The second-order valence-corrected chi connectivity index (χ2v) is 4.24. The Morgan fingerprint density at radius 3 is 2.19 bits per heavy atom. The number of ether oxygens (including phenoxy) is 2. The van der Waals surface area contributed by atoms with E-state index in [9.17, 15) is 8.78 Å². The summed E-state index contributed by atoms with van der Waals surface area (Å²) in [4.78, 5) is 0. The van der Waals surface area contributed by atoms with Gasteiger partial charge in [-0.1, -0.05) is 6.92 Å². The molecule has 0 spiro atoms. The second kappa shape index (κ2) is 4.28. The number of benzene rings is 1. The first-order valence-corrected chi connectivity index (χ1v) is 5.30. The fourth-order valence-electron chi connectivity index (χ4n) is 1.92. The molecular formula is C12H14F2O2. The monoisotopic (exact) mass is 228 g/mol. The van der Waals surface area contributed by atoms with E-state index in [-0.39, 0.29) is 17.6 Å². The minimum absolute atomic E-state index is 0.0854. The van der Waals surface area contributed by atoms with E-state index in [1.165, 1.54) is 7.11 Å². The van der Waals surface area contributed by atoms with Crippen LogP contribution in [0.3, 0.4) is 0 Å². The number of methoxy groups -OCH3 is 1. The molecule has 0 heterocycles. The highest BCUT2D eigenvalue weighted by molar-refractivity contribution is 5.35. The minimum atomic E-state index is -0.732. The van der Waals surface area contributed by atoms with Crippen LogP contribution in [0, 0.1) is 17.6 Å². The van der Waals surface area contributed by atoms with Crippen LogP contribution in [0.2, 0.25) is 0 Å². The summed E-state index contributed by atoms with van der Waals surface area (Å²) in [6.07, 6.45) is 1.96. The lowest BCUT2D eigenvalue weighted by atomic mass is 9.84. The minimum Gasteiger partial charge on any atom is -0.491 e. The maximum Gasteiger partial charge on any atom is 0.190 e. The second-order valence-electron chi connectivity index (χ2n) is 4.24. The van der Waals surface area contributed by atoms with Gasteiger partial charge in [-0.25, -0.2) is 8.78 Å². The average molecular weight is 228 g/mol. The van der Waals surface area contributed by atoms with E-state index in [0.717, 1.165) is 25.0 Å². The van der Waals surface area contributed by atoms with Gasteiger partial charge in [0.2, 0.25) is 0 Å². The van der Waals surface area contributed by atoms with Crippen molar-refractivity contribution in [3.8, 4) is 11.5 Å². The van der Waals surface area contributed by atoms with Gasteiger partial charge in [-0.3, -0.25) is 0 Å². The van der Waals surface area contributed by atoms with Gasteiger partial charge in [-0.05, 0) is 18.8 Å². The fourth-order valence-corrected chi connectivity index (χ4v) is 1.92. The van der Waals surface area contributed by atoms with Crippen molar-refractivity contribution < 1.29 is 18.3 Å². The zero-order valence-corrected chi connectivity index (χ0v) is 9.30. The van der Waals surface area contributed by atoms with Crippen LogP contribution in [0.4, 0.5) is 8.78 Å². The third-order valence-corrected chi connectivity index (χ3v) is 2.81. The SMILES string of the molecule is COc1c(F)cc(OC2CC(C)C2)cc1F. The Hall–Kier alpha value is -1.32. The van der Waals surface area contributed by atoms with Crippen molar-refractivity contribution >= 4 is 0 Å². The first-order chi connectivity index (χ1) is 7.60. The van der Waals surface area contributed by atoms with Crippen molar-refractivity contribution in [1.29, 1.82) is 0 Å². The predicted octanol–water partition coefficient (Wildman–Crippen LogP) is 3.15. The summed E-state index contributed by atoms with van der Waals surface area (Å²) in [6.45, 7) is 2.12. The highest BCUT2D eigenvalue weighted by Crippen LogP contribution is 2.33. The molecule has 0 radical (unpaired) electrons. The normalized spacial score (nSPS) is 23.8. The molecule has 2 rings (SSSR count). The average Bonchev–Trinajstić information content (AvgIpc) is 2.15. The predicted molar refractivity (Wildman–Crippen MR) is 55.7 cm³/mol. The van der Waals surface area contributed by atoms with Gasteiger partial charge >= 0.3 is 0 Å². The van der Waals surface area contributed by atoms with Crippen LogP contribution in [-0.2, 0) is 0 Å². The zero-order valence-electron chi connectivity index (χ0n) is 9.30. The molecular weight excluding hydrogens is 214 g/mol. The van der Waals surface area contributed by atoms with Gasteiger partial charge in [-0.15, -0.1) is 0 Å². The van der Waals surface area contributed by atoms with Crippen molar-refractivity contribution in [1.82, 2.24) is 0 Å². The molecule has 0 saturated heterocycles. The van der Waals surface area contributed by atoms with Crippen LogP contribution in [0.25, 0.3) is 0 Å². The van der Waals surface area contributed by atoms with Crippen LogP contribution in [0.1, 0.15) is 19.8 Å². The van der Waals surface area contributed by atoms with E-state index < -0.39 is 11.6 Å². The van der Waals surface area contributed by atoms with Gasteiger partial charge in [0.05, 0.1) is 13.2 Å². The first kappa shape index (κ1) is 11.2. The molecule has 1 fully saturated rings. The third-order valence-electron chi connectivity index (χ3n) is 2.81. The van der Waals surface area contributed by atoms with Crippen LogP contribution in [-0.4, -0.2) is 13.2 Å². The van der Waals surface area contributed by atoms with E-state index >= 15 is 0 Å². The van der Waals surface area contributed by atoms with Gasteiger partial charge in [0.15, 0.2) is 17.4 Å². The van der Waals surface area contributed by atoms with Crippen molar-refractivity contribution in [2.45, 2.75) is 25.9 Å². The summed E-state index contributed by atoms with van der Waals surface area (Å²) in [6, 6.07) is 2.32. The van der Waals surface area contributed by atoms with E-state index in [1.807, 2.05) is 0 Å². The van der Waals surface area contributed by atoms with Gasteiger partial charge in [0.1, 0.15) is 5.75 Å². The molecule has 0 amide bonds. The van der Waals surface area contributed by atoms with Crippen LogP contribution in [0.5, 0.6) is 11.5 Å². The Kier molecular flexibility index (Phi) is 2.99. The van der Waals surface area contributed by atoms with E-state index in [2.05, 4.69) is 11.7 Å². The molecule has 1 saturated carbocycles. The molecule has 1 aromatic carbocycles. The smallest absolute Gasteiger partial charge is 0.190 e. The lowest BCUT2D eigenvalue weighted by molar-refractivity contribution is 0.0731. The zero-order chi connectivity index (χ0) is 11.7. The van der Waals surface area contributed by atoms with E-state index in [0.29, 0.717) is 5.92 Å². The summed E-state index contributed by atoms with van der Waals surface area (Å²) < 4.78 is 36.7. The van der Waals surface area contributed by atoms with Crippen LogP contribution >= 0.6 is 0 Å². The summed E-state index contributed by atoms with van der Waals surface area (Å²) in [5.41, 5.74) is 0. The number of halogens is 2. The van der Waals surface area contributed by atoms with E-state index in [4.69, 9.17) is 4.74 Å². The molecule has 1 aromatic rings. The molecule has 0 aromatic heterocycles. The number of hydrogen-bond donors (Lipinski definition) is 0. The van der Waals surface area contributed by atoms with Gasteiger partial charge < -0.3 is 9.47 Å². The molecule has 0 N–H and O–H groups in total. The molecule has 16 heavy (non-hydrogen) atoms. The van der Waals surface area contributed by atoms with Crippen LogP contribution < -0.4 is 9.47 Å². The van der Waals surface area contributed by atoms with Crippen molar-refractivity contribution in [2.75, 3.05) is 7.11 Å². The van der Waals surface area contributed by atoms with Gasteiger partial charge in [0, 0.05) is 12.1 Å². The Balaban J connectivity index is 2.10.